The first-order chi connectivity index (χ1) is 34.9. The first-order valence-corrected chi connectivity index (χ1v) is 27.2. The van der Waals surface area contributed by atoms with Gasteiger partial charge in [0.15, 0.2) is 10.8 Å². The van der Waals surface area contributed by atoms with Crippen molar-refractivity contribution in [1.29, 1.82) is 0 Å². The van der Waals surface area contributed by atoms with Gasteiger partial charge >= 0.3 is 5.97 Å². The van der Waals surface area contributed by atoms with Crippen LogP contribution >= 0.6 is 27.3 Å². The number of rotatable bonds is 25. The highest BCUT2D eigenvalue weighted by Crippen LogP contribution is 2.36. The normalized spacial score (nSPS) is 12.1. The fourth-order valence-corrected chi connectivity index (χ4v) is 9.86. The highest BCUT2D eigenvalue weighted by atomic mass is 79.9. The van der Waals surface area contributed by atoms with Crippen LogP contribution in [0.5, 0.6) is 11.5 Å². The molecule has 1 amide bonds. The van der Waals surface area contributed by atoms with E-state index in [1.807, 2.05) is 113 Å². The Morgan fingerprint density at radius 2 is 1.31 bits per heavy atom. The summed E-state index contributed by atoms with van der Waals surface area (Å²) in [5.74, 6) is 1.68. The van der Waals surface area contributed by atoms with Crippen LogP contribution in [0.2, 0.25) is 0 Å². The molecule has 0 aliphatic carbocycles. The Balaban J connectivity index is 0.000000375. The molecule has 1 aliphatic rings. The van der Waals surface area contributed by atoms with E-state index in [0.29, 0.717) is 54.6 Å². The van der Waals surface area contributed by atoms with Crippen molar-refractivity contribution in [1.82, 2.24) is 9.97 Å². The predicted molar refractivity (Wildman–Crippen MR) is 295 cm³/mol. The van der Waals surface area contributed by atoms with Gasteiger partial charge in [-0.2, -0.15) is 0 Å². The lowest BCUT2D eigenvalue weighted by Gasteiger charge is -2.31. The van der Waals surface area contributed by atoms with Gasteiger partial charge in [0.25, 0.3) is 5.91 Å². The first kappa shape index (κ1) is 55.4. The predicted octanol–water partition coefficient (Wildman–Crippen LogP) is 14.8. The fourth-order valence-electron chi connectivity index (χ4n) is 8.65. The molecule has 0 spiro atoms. The van der Waals surface area contributed by atoms with Crippen LogP contribution in [-0.2, 0) is 27.3 Å². The molecule has 72 heavy (non-hydrogen) atoms. The Morgan fingerprint density at radius 3 is 1.96 bits per heavy atom. The van der Waals surface area contributed by atoms with Gasteiger partial charge in [0, 0.05) is 47.1 Å². The zero-order chi connectivity index (χ0) is 51.3. The average Bonchev–Trinajstić information content (AvgIpc) is 3.78. The van der Waals surface area contributed by atoms with Crippen LogP contribution in [-0.4, -0.2) is 59.8 Å². The first-order valence-electron chi connectivity index (χ1n) is 25.6. The van der Waals surface area contributed by atoms with Crippen LogP contribution in [0.25, 0.3) is 21.3 Å². The molecule has 0 fully saturated rings. The van der Waals surface area contributed by atoms with E-state index in [1.165, 1.54) is 37.0 Å². The summed E-state index contributed by atoms with van der Waals surface area (Å²) >= 11 is 4.95. The van der Waals surface area contributed by atoms with Crippen molar-refractivity contribution in [3.8, 4) is 22.6 Å². The summed E-state index contributed by atoms with van der Waals surface area (Å²) in [6, 6.07) is 29.5. The lowest BCUT2D eigenvalue weighted by atomic mass is 9.94. The number of carbonyl (C=O) groups excluding carboxylic acids is 4. The van der Waals surface area contributed by atoms with E-state index in [2.05, 4.69) is 44.1 Å². The average molecular weight is 1060 g/mol. The highest BCUT2D eigenvalue weighted by molar-refractivity contribution is 9.10. The van der Waals surface area contributed by atoms with Crippen molar-refractivity contribution in [2.24, 2.45) is 0 Å². The second-order valence-corrected chi connectivity index (χ2v) is 21.2. The minimum absolute atomic E-state index is 0.204. The van der Waals surface area contributed by atoms with E-state index in [0.717, 1.165) is 131 Å². The van der Waals surface area contributed by atoms with Crippen molar-refractivity contribution in [3.05, 3.63) is 129 Å². The number of amides is 1. The Bertz CT molecular complexity index is 2700. The zero-order valence-electron chi connectivity index (χ0n) is 42.7. The number of pyridine rings is 1. The molecule has 0 atom stereocenters. The molecule has 13 heteroatoms. The molecule has 1 N–H and O–H groups in total. The molecular weight excluding hydrogens is 989 g/mol. The third kappa shape index (κ3) is 16.6. The molecule has 7 rings (SSSR count). The number of esters is 1. The number of nitrogens with zero attached hydrogens (tertiary/aromatic N) is 3. The number of thiazole rings is 1. The second-order valence-electron chi connectivity index (χ2n) is 19.3. The lowest BCUT2D eigenvalue weighted by Crippen LogP contribution is -2.33. The molecule has 2 aromatic heterocycles. The van der Waals surface area contributed by atoms with Crippen LogP contribution in [0.3, 0.4) is 0 Å². The molecule has 4 aromatic carbocycles. The Kier molecular flexibility index (Phi) is 21.8. The number of fused-ring (bicyclic) bond motifs is 2. The third-order valence-corrected chi connectivity index (χ3v) is 14.4. The van der Waals surface area contributed by atoms with Gasteiger partial charge in [0.1, 0.15) is 35.5 Å². The number of anilines is 2. The monoisotopic (exact) mass is 1060 g/mol. The van der Waals surface area contributed by atoms with Crippen LogP contribution in [0, 0.1) is 13.8 Å². The van der Waals surface area contributed by atoms with E-state index in [4.69, 9.17) is 19.2 Å². The van der Waals surface area contributed by atoms with Crippen LogP contribution in [0.15, 0.2) is 95.5 Å². The summed E-state index contributed by atoms with van der Waals surface area (Å²) in [6.45, 7) is 12.1. The lowest BCUT2D eigenvalue weighted by molar-refractivity contribution is -0.108. The largest absolute Gasteiger partial charge is 0.493 e. The molecule has 11 nitrogen and oxygen atoms in total. The maximum Gasteiger partial charge on any atom is 0.358 e. The molecule has 6 aromatic rings. The maximum absolute atomic E-state index is 13.8. The van der Waals surface area contributed by atoms with Gasteiger partial charge in [-0.05, 0) is 138 Å². The second kappa shape index (κ2) is 28.4. The topological polar surface area (TPSA) is 137 Å². The number of benzene rings is 4. The summed E-state index contributed by atoms with van der Waals surface area (Å²) in [7, 11) is 0. The summed E-state index contributed by atoms with van der Waals surface area (Å²) in [4.78, 5) is 59.8. The Labute approximate surface area is 438 Å². The Morgan fingerprint density at radius 1 is 0.694 bits per heavy atom. The number of hydrogen-bond donors (Lipinski definition) is 1. The van der Waals surface area contributed by atoms with E-state index < -0.39 is 11.6 Å². The van der Waals surface area contributed by atoms with E-state index in [1.54, 1.807) is 0 Å². The molecule has 0 unspecified atom stereocenters. The number of para-hydroxylation sites is 1. The van der Waals surface area contributed by atoms with E-state index in [-0.39, 0.29) is 11.6 Å². The number of nitrogens with one attached hydrogen (secondary N) is 1. The molecule has 382 valence electrons. The number of ether oxygens (including phenoxy) is 3. The van der Waals surface area contributed by atoms with Gasteiger partial charge < -0.3 is 28.7 Å². The minimum atomic E-state index is -0.712. The zero-order valence-corrected chi connectivity index (χ0v) is 45.1. The summed E-state index contributed by atoms with van der Waals surface area (Å²) < 4.78 is 20.0. The number of hydrogen-bond acceptors (Lipinski definition) is 11. The van der Waals surface area contributed by atoms with Gasteiger partial charge in [0.05, 0.1) is 23.4 Å². The third-order valence-electron chi connectivity index (χ3n) is 12.6. The van der Waals surface area contributed by atoms with Crippen LogP contribution in [0.4, 0.5) is 10.9 Å². The fraction of sp³-hybridized carbons (Fsp3) is 0.424. The molecular formula is C59H71BrN4O7S. The molecule has 3 heterocycles. The number of aldehydes is 2. The molecule has 1 aliphatic heterocycles. The van der Waals surface area contributed by atoms with Gasteiger partial charge in [-0.25, -0.2) is 14.8 Å². The SMILES string of the molecule is Cc1c(Br)cccc1OCCCCCCCCC=O.Cc1c(OCCCCCCCCC=O)cccc1-c1ccc(N2CCc3cccc(C(=O)Nc4nc5ccccc5s4)c3C2)nc1C(=O)OC(C)(C)C. The summed E-state index contributed by atoms with van der Waals surface area (Å²) in [5.41, 5.74) is 6.64. The quantitative estimate of drug-likeness (QED) is 0.0335. The number of carbonyl (C=O) groups is 4. The van der Waals surface area contributed by atoms with Crippen LogP contribution < -0.4 is 19.7 Å². The smallest absolute Gasteiger partial charge is 0.358 e. The summed E-state index contributed by atoms with van der Waals surface area (Å²) in [6.07, 6.45) is 17.4. The van der Waals surface area contributed by atoms with Crippen LogP contribution in [0.1, 0.15) is 154 Å². The standard InChI is InChI=1S/C43H48N4O5S.C16H23BrO2/c1-29-31(17-15-20-36(29)51-27-13-9-7-5-6-8-12-26-48)32-22-23-38(45-39(32)41(50)52-43(2,3)4)47-25-24-30-16-14-18-33(34(30)28-47)40(49)46-42-44-35-19-10-11-21-37(35)53-42;1-14-15(17)10-9-11-16(14)19-13-8-6-4-2-3-5-7-12-18/h10-11,14-23,26H,5-9,12-13,24-25,27-28H2,1-4H3,(H,44,46,49);9-12H,2-8,13H2,1H3. The Hall–Kier alpha value is -5.92. The van der Waals surface area contributed by atoms with Gasteiger partial charge in [0.2, 0.25) is 0 Å². The highest BCUT2D eigenvalue weighted by Gasteiger charge is 2.28. The summed E-state index contributed by atoms with van der Waals surface area (Å²) in [5, 5.41) is 3.58. The van der Waals surface area contributed by atoms with Crippen molar-refractivity contribution in [3.63, 3.8) is 0 Å². The van der Waals surface area contributed by atoms with Crippen molar-refractivity contribution >= 4 is 72.9 Å². The molecule has 0 radical (unpaired) electrons. The number of halogens is 1. The maximum atomic E-state index is 13.8. The van der Waals surface area contributed by atoms with Gasteiger partial charge in [-0.15, -0.1) is 0 Å². The molecule has 0 saturated heterocycles. The van der Waals surface area contributed by atoms with Crippen molar-refractivity contribution in [2.75, 3.05) is 30.0 Å². The van der Waals surface area contributed by atoms with Crippen molar-refractivity contribution < 1.29 is 33.4 Å². The minimum Gasteiger partial charge on any atom is -0.493 e. The number of aromatic nitrogens is 2. The number of unbranched alkanes of at least 4 members (excludes halogenated alkanes) is 12. The van der Waals surface area contributed by atoms with E-state index in [9.17, 15) is 19.2 Å². The molecule has 0 saturated carbocycles. The van der Waals surface area contributed by atoms with Crippen molar-refractivity contribution in [2.45, 2.75) is 143 Å². The van der Waals surface area contributed by atoms with Gasteiger partial charge in [-0.1, -0.05) is 121 Å². The van der Waals surface area contributed by atoms with E-state index >= 15 is 0 Å². The molecule has 0 bridgehead atoms. The van der Waals surface area contributed by atoms with Gasteiger partial charge in [-0.3, -0.25) is 10.1 Å².